The first kappa shape index (κ1) is 19.7. The van der Waals surface area contributed by atoms with Crippen molar-refractivity contribution in [1.82, 2.24) is 9.97 Å². The third kappa shape index (κ3) is 5.06. The zero-order valence-corrected chi connectivity index (χ0v) is 17.0. The molecular weight excluding hydrogens is 374 g/mol. The number of aromatic amines is 1. The monoisotopic (exact) mass is 399 g/mol. The van der Waals surface area contributed by atoms with Crippen molar-refractivity contribution in [3.05, 3.63) is 89.7 Å². The van der Waals surface area contributed by atoms with Crippen LogP contribution in [0.5, 0.6) is 5.75 Å². The smallest absolute Gasteiger partial charge is 0.224 e. The van der Waals surface area contributed by atoms with Crippen molar-refractivity contribution in [2.24, 2.45) is 0 Å². The predicted octanol–water partition coefficient (Wildman–Crippen LogP) is 4.93. The van der Waals surface area contributed by atoms with Crippen LogP contribution in [0, 0.1) is 0 Å². The van der Waals surface area contributed by atoms with Crippen molar-refractivity contribution in [3.63, 3.8) is 0 Å². The largest absolute Gasteiger partial charge is 0.497 e. The summed E-state index contributed by atoms with van der Waals surface area (Å²) in [7, 11) is 1.65. The van der Waals surface area contributed by atoms with E-state index in [-0.39, 0.29) is 5.91 Å². The van der Waals surface area contributed by atoms with Gasteiger partial charge in [-0.1, -0.05) is 36.4 Å². The number of aryl methyl sites for hydroxylation is 3. The number of ether oxygens (including phenoxy) is 1. The lowest BCUT2D eigenvalue weighted by molar-refractivity contribution is -0.116. The van der Waals surface area contributed by atoms with Gasteiger partial charge in [0, 0.05) is 18.5 Å². The van der Waals surface area contributed by atoms with E-state index in [0.29, 0.717) is 12.8 Å². The molecule has 0 aliphatic heterocycles. The van der Waals surface area contributed by atoms with Gasteiger partial charge in [0.1, 0.15) is 11.6 Å². The van der Waals surface area contributed by atoms with Crippen LogP contribution in [-0.2, 0) is 24.1 Å². The molecule has 2 N–H and O–H groups in total. The fourth-order valence-electron chi connectivity index (χ4n) is 3.42. The maximum absolute atomic E-state index is 12.2. The molecule has 0 aliphatic rings. The molecule has 1 heterocycles. The van der Waals surface area contributed by atoms with Crippen LogP contribution >= 0.6 is 0 Å². The maximum atomic E-state index is 12.2. The third-order valence-electron chi connectivity index (χ3n) is 5.13. The van der Waals surface area contributed by atoms with Crippen molar-refractivity contribution in [1.29, 1.82) is 0 Å². The van der Waals surface area contributed by atoms with Gasteiger partial charge in [0.15, 0.2) is 0 Å². The highest BCUT2D eigenvalue weighted by atomic mass is 16.5. The molecule has 4 rings (SSSR count). The number of amides is 1. The van der Waals surface area contributed by atoms with Gasteiger partial charge in [-0.05, 0) is 60.4 Å². The maximum Gasteiger partial charge on any atom is 0.224 e. The fraction of sp³-hybridized carbons (Fsp3) is 0.200. The highest BCUT2D eigenvalue weighted by Gasteiger charge is 2.05. The number of para-hydroxylation sites is 2. The summed E-state index contributed by atoms with van der Waals surface area (Å²) in [5.41, 5.74) is 5.22. The molecule has 30 heavy (non-hydrogen) atoms. The molecule has 0 spiro atoms. The van der Waals surface area contributed by atoms with Crippen molar-refractivity contribution >= 4 is 22.6 Å². The number of hydrogen-bond acceptors (Lipinski definition) is 3. The van der Waals surface area contributed by atoms with Crippen LogP contribution < -0.4 is 10.1 Å². The van der Waals surface area contributed by atoms with E-state index in [9.17, 15) is 4.79 Å². The van der Waals surface area contributed by atoms with E-state index in [1.54, 1.807) is 7.11 Å². The van der Waals surface area contributed by atoms with Crippen LogP contribution in [0.4, 0.5) is 5.69 Å². The van der Waals surface area contributed by atoms with Gasteiger partial charge in [0.2, 0.25) is 5.91 Å². The summed E-state index contributed by atoms with van der Waals surface area (Å²) in [6, 6.07) is 23.9. The average Bonchev–Trinajstić information content (AvgIpc) is 3.21. The Hall–Kier alpha value is -3.60. The van der Waals surface area contributed by atoms with E-state index in [2.05, 4.69) is 27.4 Å². The Morgan fingerprint density at radius 1 is 0.900 bits per heavy atom. The summed E-state index contributed by atoms with van der Waals surface area (Å²) in [5.74, 6) is 1.83. The van der Waals surface area contributed by atoms with Crippen molar-refractivity contribution in [3.8, 4) is 5.75 Å². The van der Waals surface area contributed by atoms with E-state index in [1.165, 1.54) is 5.56 Å². The zero-order chi connectivity index (χ0) is 20.8. The quantitative estimate of drug-likeness (QED) is 0.442. The van der Waals surface area contributed by atoms with E-state index >= 15 is 0 Å². The van der Waals surface area contributed by atoms with Gasteiger partial charge in [0.25, 0.3) is 0 Å². The van der Waals surface area contributed by atoms with Crippen LogP contribution in [0.3, 0.4) is 0 Å². The van der Waals surface area contributed by atoms with E-state index in [4.69, 9.17) is 4.74 Å². The van der Waals surface area contributed by atoms with Gasteiger partial charge in [-0.2, -0.15) is 0 Å². The van der Waals surface area contributed by atoms with Crippen LogP contribution in [0.2, 0.25) is 0 Å². The van der Waals surface area contributed by atoms with Crippen LogP contribution in [0.25, 0.3) is 11.0 Å². The number of imidazole rings is 1. The molecule has 0 fully saturated rings. The van der Waals surface area contributed by atoms with E-state index < -0.39 is 0 Å². The second-order valence-electron chi connectivity index (χ2n) is 7.29. The lowest BCUT2D eigenvalue weighted by Crippen LogP contribution is -2.12. The number of carbonyl (C=O) groups excluding carboxylic acids is 1. The van der Waals surface area contributed by atoms with Gasteiger partial charge < -0.3 is 15.0 Å². The predicted molar refractivity (Wildman–Crippen MR) is 120 cm³/mol. The number of carbonyl (C=O) groups is 1. The highest BCUT2D eigenvalue weighted by molar-refractivity contribution is 5.90. The first-order valence-corrected chi connectivity index (χ1v) is 10.1. The van der Waals surface area contributed by atoms with Crippen molar-refractivity contribution in [2.45, 2.75) is 25.7 Å². The van der Waals surface area contributed by atoms with Gasteiger partial charge in [-0.15, -0.1) is 0 Å². The molecule has 0 bridgehead atoms. The summed E-state index contributed by atoms with van der Waals surface area (Å²) < 4.78 is 5.16. The molecule has 0 aliphatic carbocycles. The van der Waals surface area contributed by atoms with Gasteiger partial charge in [0.05, 0.1) is 18.1 Å². The second kappa shape index (κ2) is 9.27. The van der Waals surface area contributed by atoms with Crippen LogP contribution in [0.15, 0.2) is 72.8 Å². The molecule has 0 radical (unpaired) electrons. The van der Waals surface area contributed by atoms with Crippen molar-refractivity contribution < 1.29 is 9.53 Å². The number of rotatable bonds is 8. The zero-order valence-electron chi connectivity index (χ0n) is 17.0. The summed E-state index contributed by atoms with van der Waals surface area (Å²) >= 11 is 0. The molecule has 0 saturated heterocycles. The van der Waals surface area contributed by atoms with Gasteiger partial charge in [-0.3, -0.25) is 4.79 Å². The Bertz CT molecular complexity index is 1080. The lowest BCUT2D eigenvalue weighted by atomic mass is 10.1. The average molecular weight is 399 g/mol. The Morgan fingerprint density at radius 3 is 2.33 bits per heavy atom. The first-order valence-electron chi connectivity index (χ1n) is 10.1. The van der Waals surface area contributed by atoms with E-state index in [0.717, 1.165) is 46.7 Å². The van der Waals surface area contributed by atoms with Crippen molar-refractivity contribution in [2.75, 3.05) is 12.4 Å². The molecule has 152 valence electrons. The number of aromatic nitrogens is 2. The summed E-state index contributed by atoms with van der Waals surface area (Å²) in [6.07, 6.45) is 2.89. The summed E-state index contributed by atoms with van der Waals surface area (Å²) in [6.45, 7) is 0. The Kier molecular flexibility index (Phi) is 6.09. The minimum atomic E-state index is 0.0147. The number of benzene rings is 3. The topological polar surface area (TPSA) is 67.0 Å². The SMILES string of the molecule is COc1ccc(CCC(=O)Nc2ccc(CCc3nc4ccccc4[nH]3)cc2)cc1. The Labute approximate surface area is 176 Å². The molecule has 1 aromatic heterocycles. The number of nitrogens with one attached hydrogen (secondary N) is 2. The molecule has 3 aromatic carbocycles. The minimum Gasteiger partial charge on any atom is -0.497 e. The number of anilines is 1. The molecule has 1 amide bonds. The number of hydrogen-bond donors (Lipinski definition) is 2. The minimum absolute atomic E-state index is 0.0147. The molecular formula is C25H25N3O2. The molecule has 0 atom stereocenters. The summed E-state index contributed by atoms with van der Waals surface area (Å²) in [4.78, 5) is 20.2. The van der Waals surface area contributed by atoms with Crippen LogP contribution in [-0.4, -0.2) is 23.0 Å². The lowest BCUT2D eigenvalue weighted by Gasteiger charge is -2.07. The van der Waals surface area contributed by atoms with Crippen LogP contribution in [0.1, 0.15) is 23.4 Å². The fourth-order valence-corrected chi connectivity index (χ4v) is 3.42. The molecule has 4 aromatic rings. The normalized spacial score (nSPS) is 10.8. The number of methoxy groups -OCH3 is 1. The molecule has 0 saturated carbocycles. The summed E-state index contributed by atoms with van der Waals surface area (Å²) in [5, 5.41) is 2.97. The standard InChI is InChI=1S/C25H25N3O2/c1-30-21-14-8-19(9-15-21)11-17-25(29)26-20-12-6-18(7-13-20)10-16-24-27-22-4-2-3-5-23(22)28-24/h2-9,12-15H,10-11,16-17H2,1H3,(H,26,29)(H,27,28). The Morgan fingerprint density at radius 2 is 1.60 bits per heavy atom. The Balaban J connectivity index is 1.25. The molecule has 5 heteroatoms. The second-order valence-corrected chi connectivity index (χ2v) is 7.29. The number of H-pyrrole nitrogens is 1. The number of fused-ring (bicyclic) bond motifs is 1. The molecule has 0 unspecified atom stereocenters. The highest BCUT2D eigenvalue weighted by Crippen LogP contribution is 2.16. The van der Waals surface area contributed by atoms with Gasteiger partial charge >= 0.3 is 0 Å². The first-order chi connectivity index (χ1) is 14.7. The van der Waals surface area contributed by atoms with E-state index in [1.807, 2.05) is 60.7 Å². The third-order valence-corrected chi connectivity index (χ3v) is 5.13. The number of nitrogens with zero attached hydrogens (tertiary/aromatic N) is 1. The van der Waals surface area contributed by atoms with Gasteiger partial charge in [-0.25, -0.2) is 4.98 Å². The molecule has 5 nitrogen and oxygen atoms in total.